The monoisotopic (exact) mass is 286 g/mol. The van der Waals surface area contributed by atoms with Crippen molar-refractivity contribution in [3.05, 3.63) is 23.9 Å². The molecular formula is C12H19N2O4P. The van der Waals surface area contributed by atoms with Gasteiger partial charge in [0.15, 0.2) is 0 Å². The summed E-state index contributed by atoms with van der Waals surface area (Å²) in [4.78, 5) is 35.4. The maximum atomic E-state index is 12.2. The highest BCUT2D eigenvalue weighted by molar-refractivity contribution is 7.39. The van der Waals surface area contributed by atoms with Crippen molar-refractivity contribution < 1.29 is 19.1 Å². The van der Waals surface area contributed by atoms with Crippen LogP contribution in [0.15, 0.2) is 18.3 Å². The summed E-state index contributed by atoms with van der Waals surface area (Å²) in [5.41, 5.74) is 0.100. The number of anilines is 1. The molecule has 0 bridgehead atoms. The van der Waals surface area contributed by atoms with E-state index in [0.717, 1.165) is 0 Å². The van der Waals surface area contributed by atoms with E-state index < -0.39 is 14.0 Å². The average Bonchev–Trinajstić information content (AvgIpc) is 2.33. The second-order valence-corrected chi connectivity index (χ2v) is 5.89. The largest absolute Gasteiger partial charge is 0.328 e. The molecule has 1 rings (SSSR count). The number of amides is 1. The van der Waals surface area contributed by atoms with E-state index in [1.807, 2.05) is 20.8 Å². The van der Waals surface area contributed by atoms with Crippen molar-refractivity contribution in [2.45, 2.75) is 27.4 Å². The van der Waals surface area contributed by atoms with Gasteiger partial charge in [-0.25, -0.2) is 4.98 Å². The Bertz CT molecular complexity index is 446. The van der Waals surface area contributed by atoms with E-state index in [0.29, 0.717) is 11.4 Å². The van der Waals surface area contributed by atoms with Gasteiger partial charge in [-0.15, -0.1) is 0 Å². The zero-order chi connectivity index (χ0) is 14.6. The normalized spacial score (nSPS) is 11.7. The number of carbonyl (C=O) groups excluding carboxylic acids is 1. The maximum Gasteiger partial charge on any atom is 0.327 e. The zero-order valence-electron chi connectivity index (χ0n) is 11.5. The number of rotatable bonds is 4. The zero-order valence-corrected chi connectivity index (χ0v) is 12.4. The Kier molecular flexibility index (Phi) is 5.38. The lowest BCUT2D eigenvalue weighted by molar-refractivity contribution is -0.125. The lowest BCUT2D eigenvalue weighted by Crippen LogP contribution is -2.37. The molecule has 2 N–H and O–H groups in total. The quantitative estimate of drug-likeness (QED) is 0.825. The molecule has 0 unspecified atom stereocenters. The summed E-state index contributed by atoms with van der Waals surface area (Å²) in [5.74, 6) is 0.377. The third kappa shape index (κ3) is 4.51. The predicted octanol–water partition coefficient (Wildman–Crippen LogP) is 1.82. The Morgan fingerprint density at radius 1 is 1.47 bits per heavy atom. The molecule has 1 aromatic rings. The van der Waals surface area contributed by atoms with Crippen molar-refractivity contribution in [3.63, 3.8) is 0 Å². The van der Waals surface area contributed by atoms with Crippen LogP contribution >= 0.6 is 8.60 Å². The van der Waals surface area contributed by atoms with Gasteiger partial charge in [0.2, 0.25) is 5.91 Å². The molecule has 0 aliphatic carbocycles. The molecule has 7 heteroatoms. The van der Waals surface area contributed by atoms with Crippen molar-refractivity contribution in [1.29, 1.82) is 0 Å². The second-order valence-electron chi connectivity index (χ2n) is 5.13. The molecule has 1 amide bonds. The lowest BCUT2D eigenvalue weighted by Gasteiger charge is -2.26. The number of pyridine rings is 1. The number of hydrogen-bond acceptors (Lipinski definition) is 5. The van der Waals surface area contributed by atoms with E-state index in [4.69, 9.17) is 14.3 Å². The lowest BCUT2D eigenvalue weighted by atomic mass is 9.95. The molecule has 0 atom stereocenters. The molecule has 1 heterocycles. The van der Waals surface area contributed by atoms with Crippen LogP contribution in [-0.4, -0.2) is 27.7 Å². The van der Waals surface area contributed by atoms with E-state index in [1.54, 1.807) is 25.4 Å². The molecule has 19 heavy (non-hydrogen) atoms. The Morgan fingerprint density at radius 2 is 2.11 bits per heavy atom. The summed E-state index contributed by atoms with van der Waals surface area (Å²) in [6, 6.07) is 3.43. The molecule has 0 spiro atoms. The fourth-order valence-corrected chi connectivity index (χ4v) is 1.83. The molecule has 0 aliphatic heterocycles. The molecule has 0 aliphatic rings. The Morgan fingerprint density at radius 3 is 2.63 bits per heavy atom. The van der Waals surface area contributed by atoms with Gasteiger partial charge in [-0.05, 0) is 6.07 Å². The van der Waals surface area contributed by atoms with E-state index in [-0.39, 0.29) is 12.5 Å². The highest BCUT2D eigenvalue weighted by atomic mass is 31.2. The van der Waals surface area contributed by atoms with Gasteiger partial charge in [0.1, 0.15) is 5.82 Å². The van der Waals surface area contributed by atoms with Gasteiger partial charge < -0.3 is 14.3 Å². The van der Waals surface area contributed by atoms with E-state index >= 15 is 0 Å². The van der Waals surface area contributed by atoms with Crippen LogP contribution in [0.25, 0.3) is 0 Å². The molecule has 0 aromatic carbocycles. The first-order chi connectivity index (χ1) is 8.73. The van der Waals surface area contributed by atoms with Gasteiger partial charge in [0, 0.05) is 24.2 Å². The van der Waals surface area contributed by atoms with E-state index in [9.17, 15) is 4.79 Å². The number of hydrogen-bond donors (Lipinski definition) is 2. The molecular weight excluding hydrogens is 267 g/mol. The topological polar surface area (TPSA) is 82.9 Å². The summed E-state index contributed by atoms with van der Waals surface area (Å²) >= 11 is 0. The summed E-state index contributed by atoms with van der Waals surface area (Å²) in [6.07, 6.45) is 1.58. The first-order valence-electron chi connectivity index (χ1n) is 5.76. The highest BCUT2D eigenvalue weighted by Crippen LogP contribution is 2.29. The summed E-state index contributed by atoms with van der Waals surface area (Å²) in [7, 11) is -0.786. The summed E-state index contributed by atoms with van der Waals surface area (Å²) in [6.45, 7) is 5.46. The SMILES string of the molecule is CN(C(=O)C(C)(C)C)c1ncccc1COP(O)O. The predicted molar refractivity (Wildman–Crippen MR) is 73.2 cm³/mol. The van der Waals surface area contributed by atoms with Crippen molar-refractivity contribution in [2.75, 3.05) is 11.9 Å². The fourth-order valence-electron chi connectivity index (χ4n) is 1.57. The van der Waals surface area contributed by atoms with E-state index in [1.165, 1.54) is 4.90 Å². The van der Waals surface area contributed by atoms with Gasteiger partial charge in [-0.3, -0.25) is 9.69 Å². The van der Waals surface area contributed by atoms with Crippen molar-refractivity contribution in [2.24, 2.45) is 5.41 Å². The smallest absolute Gasteiger partial charge is 0.327 e. The van der Waals surface area contributed by atoms with Crippen LogP contribution in [-0.2, 0) is 15.9 Å². The molecule has 0 saturated heterocycles. The third-order valence-corrected chi connectivity index (χ3v) is 2.83. The van der Waals surface area contributed by atoms with Crippen LogP contribution in [0, 0.1) is 5.41 Å². The third-order valence-electron chi connectivity index (χ3n) is 2.47. The maximum absolute atomic E-state index is 12.2. The van der Waals surface area contributed by atoms with Crippen LogP contribution in [0.5, 0.6) is 0 Å². The first-order valence-corrected chi connectivity index (χ1v) is 6.93. The van der Waals surface area contributed by atoms with Crippen LogP contribution in [0.2, 0.25) is 0 Å². The minimum Gasteiger partial charge on any atom is -0.328 e. The van der Waals surface area contributed by atoms with Gasteiger partial charge >= 0.3 is 8.60 Å². The van der Waals surface area contributed by atoms with Crippen molar-refractivity contribution in [1.82, 2.24) is 4.98 Å². The second kappa shape index (κ2) is 6.39. The van der Waals surface area contributed by atoms with Crippen molar-refractivity contribution >= 4 is 20.3 Å². The van der Waals surface area contributed by atoms with Crippen LogP contribution < -0.4 is 4.90 Å². The van der Waals surface area contributed by atoms with Gasteiger partial charge in [0.25, 0.3) is 0 Å². The molecule has 106 valence electrons. The number of carbonyl (C=O) groups is 1. The van der Waals surface area contributed by atoms with Crippen LogP contribution in [0.3, 0.4) is 0 Å². The Hall–Kier alpha value is -1.07. The fraction of sp³-hybridized carbons (Fsp3) is 0.500. The number of aromatic nitrogens is 1. The molecule has 0 radical (unpaired) electrons. The van der Waals surface area contributed by atoms with Gasteiger partial charge in [0.05, 0.1) is 6.61 Å². The minimum atomic E-state index is -2.42. The van der Waals surface area contributed by atoms with Gasteiger partial charge in [-0.1, -0.05) is 26.8 Å². The first kappa shape index (κ1) is 16.0. The molecule has 0 fully saturated rings. The molecule has 0 saturated carbocycles. The summed E-state index contributed by atoms with van der Waals surface area (Å²) in [5, 5.41) is 0. The number of nitrogens with zero attached hydrogens (tertiary/aromatic N) is 2. The van der Waals surface area contributed by atoms with E-state index in [2.05, 4.69) is 4.98 Å². The van der Waals surface area contributed by atoms with Crippen LogP contribution in [0.1, 0.15) is 26.3 Å². The summed E-state index contributed by atoms with van der Waals surface area (Å²) < 4.78 is 4.78. The minimum absolute atomic E-state index is 0.0103. The highest BCUT2D eigenvalue weighted by Gasteiger charge is 2.27. The van der Waals surface area contributed by atoms with Crippen LogP contribution in [0.4, 0.5) is 5.82 Å². The standard InChI is InChI=1S/C12H19N2O4P/c1-12(2,3)11(15)14(4)10-9(6-5-7-13-10)8-18-19(16)17/h5-7,16-17H,8H2,1-4H3. The van der Waals surface area contributed by atoms with Gasteiger partial charge in [-0.2, -0.15) is 0 Å². The molecule has 6 nitrogen and oxygen atoms in total. The Balaban J connectivity index is 2.96. The average molecular weight is 286 g/mol. The Labute approximate surface area is 114 Å². The van der Waals surface area contributed by atoms with Crippen molar-refractivity contribution in [3.8, 4) is 0 Å². The molecule has 1 aromatic heterocycles.